The second-order valence-corrected chi connectivity index (χ2v) is 3.20. The molecule has 0 aromatic heterocycles. The fraction of sp³-hybridized carbons (Fsp3) is 0.727. The minimum absolute atomic E-state index is 0.345. The lowest BCUT2D eigenvalue weighted by Crippen LogP contribution is -2.17. The van der Waals surface area contributed by atoms with Crippen molar-refractivity contribution in [3.05, 3.63) is 18.4 Å². The van der Waals surface area contributed by atoms with E-state index in [-0.39, 0.29) is 6.10 Å². The van der Waals surface area contributed by atoms with Crippen molar-refractivity contribution in [3.8, 4) is 0 Å². The van der Waals surface area contributed by atoms with Crippen LogP contribution >= 0.6 is 0 Å². The van der Waals surface area contributed by atoms with Crippen molar-refractivity contribution in [1.82, 2.24) is 0 Å². The normalized spacial score (nSPS) is 12.7. The van der Waals surface area contributed by atoms with Gasteiger partial charge in [0, 0.05) is 0 Å². The van der Waals surface area contributed by atoms with Crippen LogP contribution in [-0.2, 0) is 0 Å². The lowest BCUT2D eigenvalue weighted by Gasteiger charge is -2.18. The van der Waals surface area contributed by atoms with Gasteiger partial charge in [-0.05, 0) is 24.8 Å². The van der Waals surface area contributed by atoms with E-state index < -0.39 is 0 Å². The Labute approximate surface area is 75.8 Å². The molecule has 1 unspecified atom stereocenters. The maximum Gasteiger partial charge on any atom is 0.0822 e. The molecular formula is C11H20O. The summed E-state index contributed by atoms with van der Waals surface area (Å²) in [5, 5.41) is 9.61. The van der Waals surface area contributed by atoms with Crippen LogP contribution in [0, 0.1) is 5.92 Å². The van der Waals surface area contributed by atoms with Crippen molar-refractivity contribution < 1.29 is 5.11 Å². The highest BCUT2D eigenvalue weighted by Crippen LogP contribution is 2.18. The summed E-state index contributed by atoms with van der Waals surface area (Å²) in [5.41, 5.74) is 2.64. The molecule has 0 rings (SSSR count). The molecule has 0 fully saturated rings. The van der Waals surface area contributed by atoms with Gasteiger partial charge < -0.3 is 5.11 Å². The Morgan fingerprint density at radius 1 is 1.33 bits per heavy atom. The molecule has 1 atom stereocenters. The van der Waals surface area contributed by atoms with Crippen LogP contribution in [0.5, 0.6) is 0 Å². The van der Waals surface area contributed by atoms with Gasteiger partial charge in [0.2, 0.25) is 0 Å². The molecule has 12 heavy (non-hydrogen) atoms. The molecule has 0 saturated heterocycles. The summed E-state index contributed by atoms with van der Waals surface area (Å²) in [5.74, 6) is 0.397. The first-order valence-electron chi connectivity index (χ1n) is 4.80. The highest BCUT2D eigenvalue weighted by atomic mass is 16.3. The first-order chi connectivity index (χ1) is 5.76. The smallest absolute Gasteiger partial charge is 0.0822 e. The van der Waals surface area contributed by atoms with E-state index in [1.165, 1.54) is 0 Å². The molecule has 0 aliphatic carbocycles. The van der Waals surface area contributed by atoms with E-state index in [1.807, 2.05) is 0 Å². The molecule has 1 heteroatoms. The monoisotopic (exact) mass is 168 g/mol. The zero-order valence-electron chi connectivity index (χ0n) is 8.21. The molecule has 1 nitrogen and oxygen atoms in total. The van der Waals surface area contributed by atoms with Gasteiger partial charge in [0.1, 0.15) is 0 Å². The highest BCUT2D eigenvalue weighted by Gasteiger charge is 2.13. The average Bonchev–Trinajstić information content (AvgIpc) is 2.04. The Hall–Kier alpha value is -0.520. The lowest BCUT2D eigenvalue weighted by atomic mass is 9.92. The van der Waals surface area contributed by atoms with Gasteiger partial charge in [0.05, 0.1) is 6.10 Å². The zero-order valence-corrected chi connectivity index (χ0v) is 8.21. The minimum Gasteiger partial charge on any atom is -0.388 e. The van der Waals surface area contributed by atoms with E-state index in [1.54, 1.807) is 6.08 Å². The summed E-state index contributed by atoms with van der Waals surface area (Å²) in [4.78, 5) is 0. The maximum absolute atomic E-state index is 9.61. The molecule has 0 bridgehead atoms. The van der Waals surface area contributed by atoms with Gasteiger partial charge in [0.25, 0.3) is 0 Å². The SMILES string of the molecule is C=C=CC(O)C(CCC)CCC. The van der Waals surface area contributed by atoms with Gasteiger partial charge in [-0.2, -0.15) is 0 Å². The van der Waals surface area contributed by atoms with Gasteiger partial charge in [-0.1, -0.05) is 33.3 Å². The van der Waals surface area contributed by atoms with E-state index in [0.29, 0.717) is 5.92 Å². The molecule has 0 heterocycles. The van der Waals surface area contributed by atoms with Crippen LogP contribution in [0.2, 0.25) is 0 Å². The van der Waals surface area contributed by atoms with E-state index in [9.17, 15) is 5.11 Å². The number of aliphatic hydroxyl groups is 1. The third kappa shape index (κ3) is 4.38. The third-order valence-corrected chi connectivity index (χ3v) is 2.09. The number of hydrogen-bond acceptors (Lipinski definition) is 1. The molecule has 0 amide bonds. The summed E-state index contributed by atoms with van der Waals surface area (Å²) in [7, 11) is 0. The van der Waals surface area contributed by atoms with Crippen LogP contribution in [0.3, 0.4) is 0 Å². The number of aliphatic hydroxyl groups excluding tert-OH is 1. The molecule has 0 saturated carbocycles. The van der Waals surface area contributed by atoms with Crippen molar-refractivity contribution in [2.75, 3.05) is 0 Å². The van der Waals surface area contributed by atoms with E-state index in [4.69, 9.17) is 0 Å². The van der Waals surface area contributed by atoms with Gasteiger partial charge >= 0.3 is 0 Å². The predicted molar refractivity (Wildman–Crippen MR) is 53.0 cm³/mol. The summed E-state index contributed by atoms with van der Waals surface area (Å²) >= 11 is 0. The zero-order chi connectivity index (χ0) is 9.40. The van der Waals surface area contributed by atoms with Crippen LogP contribution in [0.15, 0.2) is 18.4 Å². The Morgan fingerprint density at radius 3 is 2.17 bits per heavy atom. The van der Waals surface area contributed by atoms with Gasteiger partial charge in [-0.15, -0.1) is 5.73 Å². The molecule has 0 aromatic carbocycles. The maximum atomic E-state index is 9.61. The molecule has 0 aromatic rings. The Balaban J connectivity index is 3.97. The van der Waals surface area contributed by atoms with Crippen LogP contribution in [0.4, 0.5) is 0 Å². The Bertz CT molecular complexity index is 139. The van der Waals surface area contributed by atoms with E-state index in [2.05, 4.69) is 26.2 Å². The van der Waals surface area contributed by atoms with E-state index >= 15 is 0 Å². The largest absolute Gasteiger partial charge is 0.388 e. The Morgan fingerprint density at radius 2 is 1.83 bits per heavy atom. The number of rotatable bonds is 6. The Kier molecular flexibility index (Phi) is 6.84. The lowest BCUT2D eigenvalue weighted by molar-refractivity contribution is 0.139. The fourth-order valence-electron chi connectivity index (χ4n) is 1.48. The predicted octanol–water partition coefficient (Wildman–Crippen LogP) is 2.90. The summed E-state index contributed by atoms with van der Waals surface area (Å²) in [6.07, 6.45) is 5.76. The number of hydrogen-bond donors (Lipinski definition) is 1. The summed E-state index contributed by atoms with van der Waals surface area (Å²) in [6, 6.07) is 0. The second kappa shape index (κ2) is 7.15. The van der Waals surface area contributed by atoms with Gasteiger partial charge in [-0.3, -0.25) is 0 Å². The van der Waals surface area contributed by atoms with Gasteiger partial charge in [0.15, 0.2) is 0 Å². The van der Waals surface area contributed by atoms with Crippen LogP contribution < -0.4 is 0 Å². The second-order valence-electron chi connectivity index (χ2n) is 3.20. The standard InChI is InChI=1S/C11H20O/c1-4-7-10(8-5-2)11(12)9-6-3/h9-12H,3-5,7-8H2,1-2H3. The van der Waals surface area contributed by atoms with Crippen LogP contribution in [-0.4, -0.2) is 11.2 Å². The minimum atomic E-state index is -0.345. The van der Waals surface area contributed by atoms with E-state index in [0.717, 1.165) is 25.7 Å². The van der Waals surface area contributed by atoms with Crippen LogP contribution in [0.1, 0.15) is 39.5 Å². The molecule has 0 aliphatic rings. The van der Waals surface area contributed by atoms with Crippen molar-refractivity contribution in [3.63, 3.8) is 0 Å². The van der Waals surface area contributed by atoms with Crippen molar-refractivity contribution in [2.24, 2.45) is 5.92 Å². The quantitative estimate of drug-likeness (QED) is 0.605. The molecule has 0 aliphatic heterocycles. The summed E-state index contributed by atoms with van der Waals surface area (Å²) in [6.45, 7) is 7.75. The fourth-order valence-corrected chi connectivity index (χ4v) is 1.48. The van der Waals surface area contributed by atoms with Crippen LogP contribution in [0.25, 0.3) is 0 Å². The highest BCUT2D eigenvalue weighted by molar-refractivity contribution is 4.88. The van der Waals surface area contributed by atoms with Gasteiger partial charge in [-0.25, -0.2) is 0 Å². The molecule has 70 valence electrons. The first kappa shape index (κ1) is 11.5. The first-order valence-corrected chi connectivity index (χ1v) is 4.80. The molecule has 0 radical (unpaired) electrons. The molecule has 1 N–H and O–H groups in total. The molecule has 0 spiro atoms. The summed E-state index contributed by atoms with van der Waals surface area (Å²) < 4.78 is 0. The van der Waals surface area contributed by atoms with Crippen molar-refractivity contribution in [1.29, 1.82) is 0 Å². The average molecular weight is 168 g/mol. The topological polar surface area (TPSA) is 20.2 Å². The van der Waals surface area contributed by atoms with Crippen molar-refractivity contribution >= 4 is 0 Å². The molecular weight excluding hydrogens is 148 g/mol. The third-order valence-electron chi connectivity index (χ3n) is 2.09. The van der Waals surface area contributed by atoms with Crippen molar-refractivity contribution in [2.45, 2.75) is 45.6 Å².